The van der Waals surface area contributed by atoms with Crippen molar-refractivity contribution in [1.29, 1.82) is 0 Å². The van der Waals surface area contributed by atoms with E-state index >= 15 is 0 Å². The van der Waals surface area contributed by atoms with E-state index in [9.17, 15) is 19.5 Å². The number of ether oxygens (including phenoxy) is 2. The zero-order valence-electron chi connectivity index (χ0n) is 19.0. The third-order valence-corrected chi connectivity index (χ3v) is 8.76. The van der Waals surface area contributed by atoms with Crippen molar-refractivity contribution in [3.05, 3.63) is 36.0 Å². The Morgan fingerprint density at radius 1 is 1.28 bits per heavy atom. The summed E-state index contributed by atoms with van der Waals surface area (Å²) < 4.78 is 11.2. The van der Waals surface area contributed by atoms with Gasteiger partial charge in [-0.25, -0.2) is 4.79 Å². The van der Waals surface area contributed by atoms with Crippen LogP contribution in [0.5, 0.6) is 0 Å². The van der Waals surface area contributed by atoms with Crippen molar-refractivity contribution in [2.75, 3.05) is 6.07 Å². The monoisotopic (exact) mass is 462 g/mol. The van der Waals surface area contributed by atoms with Gasteiger partial charge in [-0.15, -0.1) is 0 Å². The van der Waals surface area contributed by atoms with E-state index in [2.05, 4.69) is 13.0 Å². The molecular weight excluding hydrogens is 432 g/mol. The Morgan fingerprint density at radius 2 is 2.00 bits per heavy atom. The van der Waals surface area contributed by atoms with Crippen molar-refractivity contribution in [2.24, 2.45) is 34.5 Å². The van der Waals surface area contributed by atoms with Crippen LogP contribution in [0.4, 0.5) is 0 Å². The summed E-state index contributed by atoms with van der Waals surface area (Å²) in [5.74, 6) is -1.73. The fraction of sp³-hybridized carbons (Fsp3) is 0.640. The van der Waals surface area contributed by atoms with Crippen LogP contribution in [0.3, 0.4) is 0 Å². The first-order valence-electron chi connectivity index (χ1n) is 11.3. The topological polar surface area (TPSA) is 89.9 Å². The maximum Gasteiger partial charge on any atom is 0.352 e. The molecule has 0 saturated heterocycles. The third kappa shape index (κ3) is 2.98. The second-order valence-corrected chi connectivity index (χ2v) is 10.3. The van der Waals surface area contributed by atoms with Gasteiger partial charge in [0.1, 0.15) is 0 Å². The smallest absolute Gasteiger partial charge is 0.352 e. The fourth-order valence-corrected chi connectivity index (χ4v) is 7.31. The van der Waals surface area contributed by atoms with E-state index < -0.39 is 34.5 Å². The molecule has 0 aromatic rings. The highest BCUT2D eigenvalue weighted by Crippen LogP contribution is 2.68. The highest BCUT2D eigenvalue weighted by atomic mass is 35.5. The van der Waals surface area contributed by atoms with Crippen LogP contribution in [-0.2, 0) is 23.9 Å². The van der Waals surface area contributed by atoms with Gasteiger partial charge in [0.15, 0.2) is 11.8 Å². The van der Waals surface area contributed by atoms with E-state index in [0.717, 1.165) is 5.57 Å². The molecule has 0 unspecified atom stereocenters. The van der Waals surface area contributed by atoms with Gasteiger partial charge in [-0.1, -0.05) is 57.5 Å². The minimum absolute atomic E-state index is 0.0286. The Bertz CT molecular complexity index is 937. The Morgan fingerprint density at radius 3 is 2.66 bits per heavy atom. The molecular formula is C25H31ClO6. The number of hydrogen-bond acceptors (Lipinski definition) is 6. The lowest BCUT2D eigenvalue weighted by molar-refractivity contribution is -0.214. The molecule has 32 heavy (non-hydrogen) atoms. The molecule has 0 amide bonds. The molecule has 174 valence electrons. The maximum absolute atomic E-state index is 13.3. The molecule has 4 aliphatic carbocycles. The molecule has 2 saturated carbocycles. The molecule has 0 aromatic heterocycles. The minimum atomic E-state index is -1.52. The second kappa shape index (κ2) is 7.84. The summed E-state index contributed by atoms with van der Waals surface area (Å²) in [5.41, 5.74) is -1.95. The van der Waals surface area contributed by atoms with Crippen LogP contribution in [0.1, 0.15) is 47.0 Å². The van der Waals surface area contributed by atoms with Crippen molar-refractivity contribution in [1.82, 2.24) is 0 Å². The van der Waals surface area contributed by atoms with E-state index in [1.807, 2.05) is 26.0 Å². The van der Waals surface area contributed by atoms with Crippen LogP contribution in [0.2, 0.25) is 0 Å². The summed E-state index contributed by atoms with van der Waals surface area (Å²) in [6, 6.07) is -0.336. The minimum Gasteiger partial charge on any atom is -0.446 e. The standard InChI is InChI=1S/C25H31ClO6/c1-5-20(29)32-25(22(30)31-13-26)14(2)10-18-17-7-6-15-11-16(27)8-9-23(15,3)21(17)19(28)12-24(18,25)4/h6-9,11,14,17-19,21,28H,5,10,12-13H2,1-4H3/t14-,17-,18-,19-,21+,23-,24-,25+/m0/s1. The van der Waals surface area contributed by atoms with Crippen LogP contribution >= 0.6 is 11.6 Å². The van der Waals surface area contributed by atoms with Gasteiger partial charge in [0.05, 0.1) is 6.10 Å². The van der Waals surface area contributed by atoms with Crippen LogP contribution < -0.4 is 0 Å². The van der Waals surface area contributed by atoms with Crippen LogP contribution in [-0.4, -0.2) is 40.6 Å². The fourth-order valence-electron chi connectivity index (χ4n) is 7.21. The number of allylic oxidation sites excluding steroid dienone is 6. The van der Waals surface area contributed by atoms with Gasteiger partial charge >= 0.3 is 11.9 Å². The van der Waals surface area contributed by atoms with Gasteiger partial charge in [0, 0.05) is 29.1 Å². The first-order chi connectivity index (χ1) is 15.0. The molecule has 8 atom stereocenters. The number of fused-ring (bicyclic) bond motifs is 5. The van der Waals surface area contributed by atoms with E-state index in [1.165, 1.54) is 0 Å². The highest BCUT2D eigenvalue weighted by Gasteiger charge is 2.73. The summed E-state index contributed by atoms with van der Waals surface area (Å²) in [6.07, 6.45) is 9.42. The Balaban J connectivity index is 1.83. The van der Waals surface area contributed by atoms with Gasteiger partial charge in [-0.2, -0.15) is 0 Å². The van der Waals surface area contributed by atoms with Crippen molar-refractivity contribution in [2.45, 2.75) is 58.7 Å². The number of alkyl halides is 1. The van der Waals surface area contributed by atoms with Crippen LogP contribution in [0, 0.1) is 34.5 Å². The summed E-state index contributed by atoms with van der Waals surface area (Å²) in [5, 5.41) is 11.5. The molecule has 0 spiro atoms. The van der Waals surface area contributed by atoms with Crippen molar-refractivity contribution in [3.8, 4) is 0 Å². The zero-order valence-corrected chi connectivity index (χ0v) is 19.7. The highest BCUT2D eigenvalue weighted by molar-refractivity contribution is 6.17. The molecule has 4 rings (SSSR count). The average molecular weight is 463 g/mol. The number of aliphatic hydroxyl groups is 1. The predicted molar refractivity (Wildman–Crippen MR) is 118 cm³/mol. The number of ketones is 1. The number of hydrogen-bond donors (Lipinski definition) is 1. The molecule has 0 radical (unpaired) electrons. The molecule has 2 fully saturated rings. The van der Waals surface area contributed by atoms with Crippen molar-refractivity contribution >= 4 is 29.3 Å². The van der Waals surface area contributed by atoms with Gasteiger partial charge < -0.3 is 14.6 Å². The normalized spacial score (nSPS) is 44.2. The number of aliphatic hydroxyl groups excluding tert-OH is 1. The SMILES string of the molecule is CCC(=O)O[C@@]1(C(=O)OCCl)[C@@H](C)C[C@H]2[C@@H]3C=CC4=CC(=O)C=C[C@]4(C)[C@H]3[C@@H](O)C[C@@]21C. The first-order valence-corrected chi connectivity index (χ1v) is 11.8. The summed E-state index contributed by atoms with van der Waals surface area (Å²) in [6.45, 7) is 7.58. The number of halogens is 1. The first kappa shape index (κ1) is 23.2. The largest absolute Gasteiger partial charge is 0.446 e. The summed E-state index contributed by atoms with van der Waals surface area (Å²) >= 11 is 5.74. The van der Waals surface area contributed by atoms with Crippen LogP contribution in [0.25, 0.3) is 0 Å². The van der Waals surface area contributed by atoms with E-state index in [4.69, 9.17) is 21.1 Å². The number of esters is 2. The lowest BCUT2D eigenvalue weighted by Gasteiger charge is -2.58. The van der Waals surface area contributed by atoms with Crippen LogP contribution in [0.15, 0.2) is 36.0 Å². The van der Waals surface area contributed by atoms with Gasteiger partial charge in [0.25, 0.3) is 0 Å². The third-order valence-electron chi connectivity index (χ3n) is 8.65. The molecule has 0 aliphatic heterocycles. The van der Waals surface area contributed by atoms with Gasteiger partial charge in [-0.3, -0.25) is 9.59 Å². The van der Waals surface area contributed by atoms with Gasteiger partial charge in [-0.05, 0) is 42.4 Å². The molecule has 7 heteroatoms. The summed E-state index contributed by atoms with van der Waals surface area (Å²) in [4.78, 5) is 37.8. The molecule has 0 aromatic carbocycles. The molecule has 4 aliphatic rings. The molecule has 1 N–H and O–H groups in total. The quantitative estimate of drug-likeness (QED) is 0.506. The summed E-state index contributed by atoms with van der Waals surface area (Å²) in [7, 11) is 0. The Hall–Kier alpha value is -1.92. The number of rotatable bonds is 4. The second-order valence-electron chi connectivity index (χ2n) is 10.1. The maximum atomic E-state index is 13.3. The van der Waals surface area contributed by atoms with Gasteiger partial charge in [0.2, 0.25) is 5.60 Å². The molecule has 6 nitrogen and oxygen atoms in total. The van der Waals surface area contributed by atoms with E-state index in [1.54, 1.807) is 19.1 Å². The Kier molecular flexibility index (Phi) is 5.70. The predicted octanol–water partition coefficient (Wildman–Crippen LogP) is 3.72. The Labute approximate surface area is 193 Å². The molecule has 0 bridgehead atoms. The average Bonchev–Trinajstić information content (AvgIpc) is 2.95. The van der Waals surface area contributed by atoms with Crippen molar-refractivity contribution < 1.29 is 29.0 Å². The van der Waals surface area contributed by atoms with E-state index in [-0.39, 0.29) is 48.4 Å². The molecule has 0 heterocycles. The van der Waals surface area contributed by atoms with E-state index in [0.29, 0.717) is 6.42 Å². The lowest BCUT2D eigenvalue weighted by atomic mass is 9.48. The number of carbonyl (C=O) groups is 3. The zero-order chi connectivity index (χ0) is 23.5. The lowest BCUT2D eigenvalue weighted by Crippen LogP contribution is -2.63. The number of carbonyl (C=O) groups excluding carboxylic acids is 3. The van der Waals surface area contributed by atoms with Crippen molar-refractivity contribution in [3.63, 3.8) is 0 Å².